The van der Waals surface area contributed by atoms with Crippen molar-refractivity contribution in [1.29, 1.82) is 0 Å². The van der Waals surface area contributed by atoms with Crippen LogP contribution in [0.25, 0.3) is 0 Å². The quantitative estimate of drug-likeness (QED) is 0.811. The molecule has 2 aliphatic rings. The molecule has 0 saturated heterocycles. The van der Waals surface area contributed by atoms with Crippen LogP contribution >= 0.6 is 15.9 Å². The number of hydrogen-bond donors (Lipinski definition) is 1. The molecule has 1 aromatic carbocycles. The van der Waals surface area contributed by atoms with Crippen molar-refractivity contribution in [3.05, 3.63) is 35.9 Å². The first kappa shape index (κ1) is 15.1. The van der Waals surface area contributed by atoms with Gasteiger partial charge in [0.1, 0.15) is 0 Å². The van der Waals surface area contributed by atoms with E-state index in [1.807, 2.05) is 18.2 Å². The van der Waals surface area contributed by atoms with Crippen molar-refractivity contribution in [2.45, 2.75) is 56.4 Å². The lowest BCUT2D eigenvalue weighted by molar-refractivity contribution is -0.125. The van der Waals surface area contributed by atoms with Gasteiger partial charge in [-0.2, -0.15) is 0 Å². The monoisotopic (exact) mass is 349 g/mol. The van der Waals surface area contributed by atoms with Crippen LogP contribution in [0.5, 0.6) is 0 Å². The third-order valence-electron chi connectivity index (χ3n) is 5.24. The van der Waals surface area contributed by atoms with Gasteiger partial charge in [0.05, 0.1) is 5.41 Å². The zero-order valence-electron chi connectivity index (χ0n) is 12.7. The molecule has 0 radical (unpaired) electrons. The van der Waals surface area contributed by atoms with Gasteiger partial charge in [-0.05, 0) is 37.2 Å². The fourth-order valence-electron chi connectivity index (χ4n) is 3.82. The standard InChI is InChI=1S/C18H24BrNO/c1-14-6-5-9-17(12-14,13-19)20-16(21)18(10-11-18)15-7-3-2-4-8-15/h2-4,7-8,14H,5-6,9-13H2,1H3,(H,20,21). The number of rotatable bonds is 4. The van der Waals surface area contributed by atoms with E-state index in [0.29, 0.717) is 5.92 Å². The van der Waals surface area contributed by atoms with Gasteiger partial charge in [0, 0.05) is 10.9 Å². The van der Waals surface area contributed by atoms with Crippen molar-refractivity contribution in [2.75, 3.05) is 5.33 Å². The minimum atomic E-state index is -0.253. The van der Waals surface area contributed by atoms with Crippen molar-refractivity contribution in [1.82, 2.24) is 5.32 Å². The molecule has 0 aliphatic heterocycles. The molecule has 1 N–H and O–H groups in total. The molecule has 2 atom stereocenters. The van der Waals surface area contributed by atoms with E-state index in [-0.39, 0.29) is 16.9 Å². The molecule has 0 heterocycles. The van der Waals surface area contributed by atoms with E-state index in [0.717, 1.165) is 31.0 Å². The third-order valence-corrected chi connectivity index (χ3v) is 6.31. The van der Waals surface area contributed by atoms with E-state index >= 15 is 0 Å². The Morgan fingerprint density at radius 2 is 2.00 bits per heavy atom. The molecule has 1 aromatic rings. The van der Waals surface area contributed by atoms with Gasteiger partial charge in [0.2, 0.25) is 5.91 Å². The Morgan fingerprint density at radius 3 is 2.57 bits per heavy atom. The largest absolute Gasteiger partial charge is 0.349 e. The zero-order valence-corrected chi connectivity index (χ0v) is 14.3. The Labute approximate surface area is 135 Å². The van der Waals surface area contributed by atoms with Crippen molar-refractivity contribution < 1.29 is 4.79 Å². The highest BCUT2D eigenvalue weighted by Crippen LogP contribution is 2.49. The predicted octanol–water partition coefficient (Wildman–Crippen LogP) is 4.18. The van der Waals surface area contributed by atoms with Gasteiger partial charge < -0.3 is 5.32 Å². The second-order valence-electron chi connectivity index (χ2n) is 7.02. The Balaban J connectivity index is 1.77. The second-order valence-corrected chi connectivity index (χ2v) is 7.58. The lowest BCUT2D eigenvalue weighted by Gasteiger charge is -2.40. The fourth-order valence-corrected chi connectivity index (χ4v) is 4.47. The van der Waals surface area contributed by atoms with Crippen molar-refractivity contribution in [2.24, 2.45) is 5.92 Å². The van der Waals surface area contributed by atoms with Crippen molar-refractivity contribution in [3.63, 3.8) is 0 Å². The van der Waals surface area contributed by atoms with Gasteiger partial charge in [0.25, 0.3) is 0 Å². The summed E-state index contributed by atoms with van der Waals surface area (Å²) >= 11 is 3.65. The van der Waals surface area contributed by atoms with E-state index in [9.17, 15) is 4.79 Å². The summed E-state index contributed by atoms with van der Waals surface area (Å²) in [5, 5.41) is 4.29. The highest BCUT2D eigenvalue weighted by Gasteiger charge is 2.53. The molecule has 2 saturated carbocycles. The Bertz CT molecular complexity index is 511. The van der Waals surface area contributed by atoms with Crippen molar-refractivity contribution in [3.8, 4) is 0 Å². The maximum Gasteiger partial charge on any atom is 0.231 e. The van der Waals surface area contributed by atoms with Gasteiger partial charge in [0.15, 0.2) is 0 Å². The fraction of sp³-hybridized carbons (Fsp3) is 0.611. The summed E-state index contributed by atoms with van der Waals surface area (Å²) in [7, 11) is 0. The molecule has 2 nitrogen and oxygen atoms in total. The maximum atomic E-state index is 12.9. The Kier molecular flexibility index (Phi) is 4.13. The van der Waals surface area contributed by atoms with Crippen LogP contribution in [0.15, 0.2) is 30.3 Å². The summed E-state index contributed by atoms with van der Waals surface area (Å²) in [5.41, 5.74) is 0.882. The summed E-state index contributed by atoms with van der Waals surface area (Å²) in [6, 6.07) is 10.3. The Morgan fingerprint density at radius 1 is 1.29 bits per heavy atom. The molecule has 3 heteroatoms. The van der Waals surface area contributed by atoms with E-state index < -0.39 is 0 Å². The molecule has 21 heavy (non-hydrogen) atoms. The number of carbonyl (C=O) groups excluding carboxylic acids is 1. The summed E-state index contributed by atoms with van der Waals surface area (Å²) in [4.78, 5) is 12.9. The number of alkyl halides is 1. The van der Waals surface area contributed by atoms with Crippen LogP contribution in [0.3, 0.4) is 0 Å². The normalized spacial score (nSPS) is 30.7. The number of benzene rings is 1. The number of halogens is 1. The first-order valence-corrected chi connectivity index (χ1v) is 9.17. The average Bonchev–Trinajstić information content (AvgIpc) is 3.30. The van der Waals surface area contributed by atoms with E-state index in [4.69, 9.17) is 0 Å². The summed E-state index contributed by atoms with van der Waals surface area (Å²) in [6.45, 7) is 2.30. The van der Waals surface area contributed by atoms with Gasteiger partial charge >= 0.3 is 0 Å². The average molecular weight is 350 g/mol. The maximum absolute atomic E-state index is 12.9. The van der Waals surface area contributed by atoms with Crippen LogP contribution in [-0.4, -0.2) is 16.8 Å². The second kappa shape index (κ2) is 5.75. The number of nitrogens with one attached hydrogen (secondary N) is 1. The predicted molar refractivity (Wildman–Crippen MR) is 89.7 cm³/mol. The van der Waals surface area contributed by atoms with Gasteiger partial charge in [-0.1, -0.05) is 66.0 Å². The molecule has 1 amide bonds. The summed E-state index contributed by atoms with van der Waals surface area (Å²) < 4.78 is 0. The van der Waals surface area contributed by atoms with Crippen LogP contribution in [0.4, 0.5) is 0 Å². The zero-order chi connectivity index (χ0) is 14.9. The van der Waals surface area contributed by atoms with E-state index in [1.54, 1.807) is 0 Å². The molecule has 0 aromatic heterocycles. The van der Waals surface area contributed by atoms with Gasteiger partial charge in [-0.3, -0.25) is 4.79 Å². The summed E-state index contributed by atoms with van der Waals surface area (Å²) in [6.07, 6.45) is 6.65. The van der Waals surface area contributed by atoms with Crippen LogP contribution in [0.1, 0.15) is 51.0 Å². The SMILES string of the molecule is CC1CCCC(CBr)(NC(=O)C2(c3ccccc3)CC2)C1. The molecule has 0 spiro atoms. The van der Waals surface area contributed by atoms with Crippen molar-refractivity contribution >= 4 is 21.8 Å². The smallest absolute Gasteiger partial charge is 0.231 e. The number of amides is 1. The lowest BCUT2D eigenvalue weighted by atomic mass is 9.77. The van der Waals surface area contributed by atoms with Gasteiger partial charge in [-0.25, -0.2) is 0 Å². The molecule has 114 valence electrons. The molecule has 0 bridgehead atoms. The minimum Gasteiger partial charge on any atom is -0.349 e. The lowest BCUT2D eigenvalue weighted by Crippen LogP contribution is -2.55. The van der Waals surface area contributed by atoms with E-state index in [1.165, 1.54) is 18.4 Å². The van der Waals surface area contributed by atoms with Gasteiger partial charge in [-0.15, -0.1) is 0 Å². The van der Waals surface area contributed by atoms with Crippen LogP contribution in [-0.2, 0) is 10.2 Å². The van der Waals surface area contributed by atoms with E-state index in [2.05, 4.69) is 40.3 Å². The van der Waals surface area contributed by atoms with Crippen LogP contribution < -0.4 is 5.32 Å². The minimum absolute atomic E-state index is 0.0425. The third kappa shape index (κ3) is 2.90. The van der Waals surface area contributed by atoms with Crippen LogP contribution in [0.2, 0.25) is 0 Å². The number of hydrogen-bond acceptors (Lipinski definition) is 1. The van der Waals surface area contributed by atoms with Crippen LogP contribution in [0, 0.1) is 5.92 Å². The first-order chi connectivity index (χ1) is 10.1. The molecule has 2 aliphatic carbocycles. The summed E-state index contributed by atoms with van der Waals surface area (Å²) in [5.74, 6) is 0.936. The first-order valence-electron chi connectivity index (χ1n) is 8.04. The molecular formula is C18H24BrNO. The molecular weight excluding hydrogens is 326 g/mol. The highest BCUT2D eigenvalue weighted by molar-refractivity contribution is 9.09. The molecule has 3 rings (SSSR count). The number of carbonyl (C=O) groups is 1. The topological polar surface area (TPSA) is 29.1 Å². The molecule has 2 fully saturated rings. The highest BCUT2D eigenvalue weighted by atomic mass is 79.9. The molecule has 2 unspecified atom stereocenters. The Hall–Kier alpha value is -0.830.